The number of rotatable bonds is 7. The monoisotopic (exact) mass is 459 g/mol. The molecule has 1 fully saturated rings. The Balaban J connectivity index is 1.35. The second-order valence-electron chi connectivity index (χ2n) is 7.32. The quantitative estimate of drug-likeness (QED) is 0.547. The van der Waals surface area contributed by atoms with Gasteiger partial charge >= 0.3 is 0 Å². The second kappa shape index (κ2) is 9.07. The topological polar surface area (TPSA) is 78.5 Å². The van der Waals surface area contributed by atoms with E-state index in [0.29, 0.717) is 22.6 Å². The lowest BCUT2D eigenvalue weighted by Gasteiger charge is -2.18. The van der Waals surface area contributed by atoms with Gasteiger partial charge in [0, 0.05) is 24.5 Å². The minimum Gasteiger partial charge on any atom is -0.369 e. The van der Waals surface area contributed by atoms with Crippen LogP contribution >= 0.6 is 11.3 Å². The van der Waals surface area contributed by atoms with Crippen LogP contribution in [0.1, 0.15) is 18.4 Å². The number of thiophene rings is 1. The van der Waals surface area contributed by atoms with E-state index in [4.69, 9.17) is 0 Å². The fraction of sp³-hybridized carbons (Fsp3) is 0.227. The first-order valence-corrected chi connectivity index (χ1v) is 12.3. The van der Waals surface area contributed by atoms with Crippen molar-refractivity contribution in [2.45, 2.75) is 23.5 Å². The summed E-state index contributed by atoms with van der Waals surface area (Å²) in [6.07, 6.45) is 2.21. The highest BCUT2D eigenvalue weighted by atomic mass is 32.2. The lowest BCUT2D eigenvalue weighted by Crippen LogP contribution is -2.19. The lowest BCUT2D eigenvalue weighted by atomic mass is 10.1. The fourth-order valence-corrected chi connectivity index (χ4v) is 5.55. The molecule has 2 heterocycles. The van der Waals surface area contributed by atoms with Crippen LogP contribution in [0.25, 0.3) is 0 Å². The first kappa shape index (κ1) is 21.3. The molecule has 1 aromatic heterocycles. The van der Waals surface area contributed by atoms with E-state index in [9.17, 15) is 17.6 Å². The summed E-state index contributed by atoms with van der Waals surface area (Å²) in [5.41, 5.74) is 2.10. The van der Waals surface area contributed by atoms with E-state index in [2.05, 4.69) is 10.0 Å². The van der Waals surface area contributed by atoms with Crippen LogP contribution in [-0.4, -0.2) is 27.4 Å². The van der Waals surface area contributed by atoms with Crippen molar-refractivity contribution in [3.05, 3.63) is 71.4 Å². The molecule has 0 spiro atoms. The van der Waals surface area contributed by atoms with Crippen molar-refractivity contribution in [2.75, 3.05) is 28.0 Å². The molecule has 0 aliphatic carbocycles. The molecule has 3 aromatic rings. The Hall–Kier alpha value is -2.91. The number of carbonyl (C=O) groups excluding carboxylic acids is 1. The maximum Gasteiger partial charge on any atom is 0.271 e. The molecule has 1 aliphatic rings. The van der Waals surface area contributed by atoms with Crippen molar-refractivity contribution in [3.63, 3.8) is 0 Å². The predicted octanol–water partition coefficient (Wildman–Crippen LogP) is 4.47. The summed E-state index contributed by atoms with van der Waals surface area (Å²) in [6, 6.07) is 14.5. The standard InChI is InChI=1S/C22H22FN3O3S2/c23-19-15-18(9-10-20(19)26-11-1-2-12-26)24-21(27)14-16-5-7-17(8-6-16)25-31(28,29)22-4-3-13-30-22/h3-10,13,15,25H,1-2,11-12,14H2,(H,24,27). The molecule has 0 radical (unpaired) electrons. The third kappa shape index (κ3) is 5.23. The molecule has 2 aromatic carbocycles. The molecule has 31 heavy (non-hydrogen) atoms. The summed E-state index contributed by atoms with van der Waals surface area (Å²) < 4.78 is 41.7. The lowest BCUT2D eigenvalue weighted by molar-refractivity contribution is -0.115. The van der Waals surface area contributed by atoms with Crippen LogP contribution in [0.2, 0.25) is 0 Å². The van der Waals surface area contributed by atoms with E-state index in [1.54, 1.807) is 47.8 Å². The third-order valence-corrected chi connectivity index (χ3v) is 7.79. The number of hydrogen-bond acceptors (Lipinski definition) is 5. The van der Waals surface area contributed by atoms with Crippen LogP contribution in [0.4, 0.5) is 21.5 Å². The van der Waals surface area contributed by atoms with Crippen molar-refractivity contribution in [2.24, 2.45) is 0 Å². The summed E-state index contributed by atoms with van der Waals surface area (Å²) in [7, 11) is -3.61. The average molecular weight is 460 g/mol. The van der Waals surface area contributed by atoms with Crippen LogP contribution in [0.15, 0.2) is 64.2 Å². The zero-order valence-electron chi connectivity index (χ0n) is 16.7. The van der Waals surface area contributed by atoms with E-state index in [1.807, 2.05) is 4.90 Å². The van der Waals surface area contributed by atoms with E-state index in [1.165, 1.54) is 12.1 Å². The normalized spacial score (nSPS) is 13.9. The van der Waals surface area contributed by atoms with Gasteiger partial charge in [-0.1, -0.05) is 18.2 Å². The predicted molar refractivity (Wildman–Crippen MR) is 122 cm³/mol. The molecule has 1 amide bonds. The zero-order valence-corrected chi connectivity index (χ0v) is 18.3. The third-order valence-electron chi connectivity index (χ3n) is 5.01. The number of nitrogens with one attached hydrogen (secondary N) is 2. The van der Waals surface area contributed by atoms with Crippen molar-refractivity contribution in [3.8, 4) is 0 Å². The molecule has 0 bridgehead atoms. The van der Waals surface area contributed by atoms with Crippen molar-refractivity contribution in [1.29, 1.82) is 0 Å². The van der Waals surface area contributed by atoms with E-state index in [0.717, 1.165) is 37.3 Å². The van der Waals surface area contributed by atoms with Gasteiger partial charge in [0.1, 0.15) is 10.0 Å². The second-order valence-corrected chi connectivity index (χ2v) is 10.2. The highest BCUT2D eigenvalue weighted by Gasteiger charge is 2.17. The maximum atomic E-state index is 14.4. The van der Waals surface area contributed by atoms with Crippen LogP contribution in [0.5, 0.6) is 0 Å². The van der Waals surface area contributed by atoms with Gasteiger partial charge in [-0.15, -0.1) is 11.3 Å². The molecule has 9 heteroatoms. The zero-order chi connectivity index (χ0) is 21.8. The van der Waals surface area contributed by atoms with Gasteiger partial charge in [-0.3, -0.25) is 9.52 Å². The smallest absolute Gasteiger partial charge is 0.271 e. The molecule has 0 atom stereocenters. The number of sulfonamides is 1. The van der Waals surface area contributed by atoms with Gasteiger partial charge in [0.2, 0.25) is 5.91 Å². The summed E-state index contributed by atoms with van der Waals surface area (Å²) >= 11 is 1.14. The molecule has 2 N–H and O–H groups in total. The summed E-state index contributed by atoms with van der Waals surface area (Å²) in [5.74, 6) is -0.623. The van der Waals surface area contributed by atoms with E-state index in [-0.39, 0.29) is 22.4 Å². The largest absolute Gasteiger partial charge is 0.369 e. The minimum absolute atomic E-state index is 0.0907. The van der Waals surface area contributed by atoms with Crippen molar-refractivity contribution in [1.82, 2.24) is 0 Å². The number of nitrogens with zero attached hydrogens (tertiary/aromatic N) is 1. The van der Waals surface area contributed by atoms with Gasteiger partial charge in [-0.2, -0.15) is 0 Å². The van der Waals surface area contributed by atoms with Gasteiger partial charge in [0.15, 0.2) is 0 Å². The number of hydrogen-bond donors (Lipinski definition) is 2. The molecular weight excluding hydrogens is 437 g/mol. The van der Waals surface area contributed by atoms with Crippen LogP contribution in [0, 0.1) is 5.82 Å². The number of amides is 1. The first-order chi connectivity index (χ1) is 14.9. The highest BCUT2D eigenvalue weighted by Crippen LogP contribution is 2.26. The Kier molecular flexibility index (Phi) is 6.24. The van der Waals surface area contributed by atoms with Crippen molar-refractivity contribution >= 4 is 44.3 Å². The molecule has 0 saturated carbocycles. The Labute approximate surface area is 184 Å². The Morgan fingerprint density at radius 2 is 1.74 bits per heavy atom. The van der Waals surface area contributed by atoms with Gasteiger partial charge in [0.05, 0.1) is 12.1 Å². The summed E-state index contributed by atoms with van der Waals surface area (Å²) in [4.78, 5) is 14.4. The SMILES string of the molecule is O=C(Cc1ccc(NS(=O)(=O)c2cccs2)cc1)Nc1ccc(N2CCCC2)c(F)c1. The van der Waals surface area contributed by atoms with E-state index >= 15 is 0 Å². The molecule has 4 rings (SSSR count). The summed E-state index contributed by atoms with van der Waals surface area (Å²) in [6.45, 7) is 1.70. The van der Waals surface area contributed by atoms with Crippen LogP contribution in [0.3, 0.4) is 0 Å². The maximum absolute atomic E-state index is 14.4. The highest BCUT2D eigenvalue weighted by molar-refractivity contribution is 7.94. The summed E-state index contributed by atoms with van der Waals surface area (Å²) in [5, 5.41) is 4.41. The molecule has 1 aliphatic heterocycles. The average Bonchev–Trinajstić information content (AvgIpc) is 3.44. The van der Waals surface area contributed by atoms with Gasteiger partial charge < -0.3 is 10.2 Å². The van der Waals surface area contributed by atoms with Gasteiger partial charge in [-0.05, 0) is 60.2 Å². The van der Waals surface area contributed by atoms with Crippen LogP contribution < -0.4 is 14.9 Å². The molecular formula is C22H22FN3O3S2. The van der Waals surface area contributed by atoms with Crippen molar-refractivity contribution < 1.29 is 17.6 Å². The number of benzene rings is 2. The van der Waals surface area contributed by atoms with Crippen LogP contribution in [-0.2, 0) is 21.2 Å². The number of halogens is 1. The number of anilines is 3. The Morgan fingerprint density at radius 1 is 1.03 bits per heavy atom. The Bertz CT molecular complexity index is 1160. The van der Waals surface area contributed by atoms with Gasteiger partial charge in [-0.25, -0.2) is 12.8 Å². The Morgan fingerprint density at radius 3 is 2.39 bits per heavy atom. The first-order valence-electron chi connectivity index (χ1n) is 9.90. The molecule has 0 unspecified atom stereocenters. The van der Waals surface area contributed by atoms with Gasteiger partial charge in [0.25, 0.3) is 10.0 Å². The fourth-order valence-electron chi connectivity index (χ4n) is 3.50. The molecule has 162 valence electrons. The number of carbonyl (C=O) groups is 1. The molecule has 6 nitrogen and oxygen atoms in total. The molecule has 1 saturated heterocycles. The minimum atomic E-state index is -3.61. The van der Waals surface area contributed by atoms with E-state index < -0.39 is 10.0 Å².